The first-order valence-corrected chi connectivity index (χ1v) is 5.70. The van der Waals surface area contributed by atoms with Crippen molar-refractivity contribution in [3.05, 3.63) is 29.1 Å². The van der Waals surface area contributed by atoms with E-state index < -0.39 is 5.92 Å². The number of nitrogens with zero attached hydrogens (tertiary/aromatic N) is 1. The summed E-state index contributed by atoms with van der Waals surface area (Å²) in [4.78, 5) is 4.37. The fraction of sp³-hybridized carbons (Fsp3) is 0.462. The van der Waals surface area contributed by atoms with Gasteiger partial charge in [0.2, 0.25) is 0 Å². The van der Waals surface area contributed by atoms with Gasteiger partial charge in [0.1, 0.15) is 0 Å². The smallest absolute Gasteiger partial charge is 0.251 e. The average molecular weight is 238 g/mol. The quantitative estimate of drug-likeness (QED) is 0.813. The molecule has 0 fully saturated rings. The topological polar surface area (TPSA) is 38.9 Å². The number of aryl methyl sites for hydroxylation is 2. The van der Waals surface area contributed by atoms with E-state index in [1.807, 2.05) is 19.9 Å². The third-order valence-corrected chi connectivity index (χ3v) is 3.10. The molecule has 0 radical (unpaired) electrons. The maximum atomic E-state index is 13.1. The number of aromatic nitrogens is 1. The standard InChI is InChI=1S/C13H16F2N2/c1-8-7-9(2)17-12(11(8)16)10-3-5-13(14,15)6-4-10/h3,7H,4-6,16H2,1-2H3. The molecule has 1 aliphatic rings. The Kier molecular flexibility index (Phi) is 2.89. The van der Waals surface area contributed by atoms with Crippen LogP contribution in [0.4, 0.5) is 14.5 Å². The number of halogens is 2. The lowest BCUT2D eigenvalue weighted by Crippen LogP contribution is -2.19. The molecule has 4 heteroatoms. The Morgan fingerprint density at radius 2 is 2.06 bits per heavy atom. The molecule has 17 heavy (non-hydrogen) atoms. The summed E-state index contributed by atoms with van der Waals surface area (Å²) in [5, 5.41) is 0. The maximum absolute atomic E-state index is 13.1. The number of nitrogen functional groups attached to an aromatic ring is 1. The molecule has 0 atom stereocenters. The SMILES string of the molecule is Cc1cc(C)c(N)c(C2=CCC(F)(F)CC2)n1. The Bertz CT molecular complexity index is 479. The van der Waals surface area contributed by atoms with Crippen molar-refractivity contribution >= 4 is 11.3 Å². The lowest BCUT2D eigenvalue weighted by Gasteiger charge is -2.22. The van der Waals surface area contributed by atoms with E-state index in [4.69, 9.17) is 5.73 Å². The van der Waals surface area contributed by atoms with Crippen LogP contribution in [-0.2, 0) is 0 Å². The van der Waals surface area contributed by atoms with Gasteiger partial charge in [-0.05, 0) is 37.5 Å². The minimum atomic E-state index is -2.57. The van der Waals surface area contributed by atoms with Crippen molar-refractivity contribution in [1.29, 1.82) is 0 Å². The normalized spacial score (nSPS) is 18.9. The van der Waals surface area contributed by atoms with Crippen molar-refractivity contribution in [3.63, 3.8) is 0 Å². The number of pyridine rings is 1. The summed E-state index contributed by atoms with van der Waals surface area (Å²) < 4.78 is 26.1. The minimum Gasteiger partial charge on any atom is -0.397 e. The minimum absolute atomic E-state index is 0.118. The summed E-state index contributed by atoms with van der Waals surface area (Å²) in [6, 6.07) is 1.90. The molecule has 0 amide bonds. The van der Waals surface area contributed by atoms with Crippen LogP contribution in [0.2, 0.25) is 0 Å². The average Bonchev–Trinajstić information content (AvgIpc) is 2.24. The van der Waals surface area contributed by atoms with E-state index in [-0.39, 0.29) is 12.8 Å². The van der Waals surface area contributed by atoms with Gasteiger partial charge >= 0.3 is 0 Å². The van der Waals surface area contributed by atoms with Gasteiger partial charge in [-0.25, -0.2) is 8.78 Å². The molecule has 92 valence electrons. The zero-order valence-corrected chi connectivity index (χ0v) is 10.1. The Morgan fingerprint density at radius 3 is 2.65 bits per heavy atom. The summed E-state index contributed by atoms with van der Waals surface area (Å²) >= 11 is 0. The monoisotopic (exact) mass is 238 g/mol. The van der Waals surface area contributed by atoms with Gasteiger partial charge in [0.25, 0.3) is 5.92 Å². The molecule has 2 rings (SSSR count). The molecule has 1 aliphatic carbocycles. The lowest BCUT2D eigenvalue weighted by molar-refractivity contribution is -0.00605. The first kappa shape index (κ1) is 12.0. The summed E-state index contributed by atoms with van der Waals surface area (Å²) in [5.74, 6) is -2.57. The van der Waals surface area contributed by atoms with E-state index in [0.717, 1.165) is 16.8 Å². The first-order valence-electron chi connectivity index (χ1n) is 5.70. The fourth-order valence-corrected chi connectivity index (χ4v) is 2.10. The van der Waals surface area contributed by atoms with Gasteiger partial charge in [0.05, 0.1) is 11.4 Å². The second kappa shape index (κ2) is 4.09. The Labute approximate surface area is 99.5 Å². The molecular weight excluding hydrogens is 222 g/mol. The molecule has 1 aromatic rings. The lowest BCUT2D eigenvalue weighted by atomic mass is 9.92. The molecule has 0 aromatic carbocycles. The summed E-state index contributed by atoms with van der Waals surface area (Å²) in [7, 11) is 0. The van der Waals surface area contributed by atoms with Crippen LogP contribution < -0.4 is 5.73 Å². The molecule has 2 nitrogen and oxygen atoms in total. The first-order chi connectivity index (χ1) is 7.89. The van der Waals surface area contributed by atoms with E-state index in [9.17, 15) is 8.78 Å². The largest absolute Gasteiger partial charge is 0.397 e. The highest BCUT2D eigenvalue weighted by Gasteiger charge is 2.31. The Hall–Kier alpha value is -1.45. The second-order valence-electron chi connectivity index (χ2n) is 4.63. The van der Waals surface area contributed by atoms with Crippen LogP contribution in [-0.4, -0.2) is 10.9 Å². The number of alkyl halides is 2. The van der Waals surface area contributed by atoms with Crippen LogP contribution in [0.1, 0.15) is 36.2 Å². The van der Waals surface area contributed by atoms with Gasteiger partial charge < -0.3 is 5.73 Å². The van der Waals surface area contributed by atoms with Gasteiger partial charge in [-0.3, -0.25) is 4.98 Å². The third-order valence-electron chi connectivity index (χ3n) is 3.10. The van der Waals surface area contributed by atoms with Gasteiger partial charge in [-0.1, -0.05) is 6.08 Å². The van der Waals surface area contributed by atoms with Crippen molar-refractivity contribution in [3.8, 4) is 0 Å². The number of rotatable bonds is 1. The van der Waals surface area contributed by atoms with Gasteiger partial charge in [-0.2, -0.15) is 0 Å². The van der Waals surface area contributed by atoms with E-state index >= 15 is 0 Å². The molecule has 0 aliphatic heterocycles. The number of anilines is 1. The maximum Gasteiger partial charge on any atom is 0.251 e. The molecule has 1 heterocycles. The van der Waals surface area contributed by atoms with Crippen LogP contribution in [0.15, 0.2) is 12.1 Å². The molecule has 2 N–H and O–H groups in total. The molecule has 0 spiro atoms. The van der Waals surface area contributed by atoms with Gasteiger partial charge in [0, 0.05) is 18.5 Å². The van der Waals surface area contributed by atoms with Crippen LogP contribution >= 0.6 is 0 Å². The second-order valence-corrected chi connectivity index (χ2v) is 4.63. The van der Waals surface area contributed by atoms with E-state index in [0.29, 0.717) is 17.8 Å². The van der Waals surface area contributed by atoms with Crippen LogP contribution in [0.3, 0.4) is 0 Å². The van der Waals surface area contributed by atoms with Crippen molar-refractivity contribution in [1.82, 2.24) is 4.98 Å². The number of allylic oxidation sites excluding steroid dienone is 2. The summed E-state index contributed by atoms with van der Waals surface area (Å²) in [6.07, 6.45) is 1.58. The van der Waals surface area contributed by atoms with Crippen molar-refractivity contribution in [2.24, 2.45) is 0 Å². The van der Waals surface area contributed by atoms with E-state index in [1.54, 1.807) is 6.08 Å². The summed E-state index contributed by atoms with van der Waals surface area (Å²) in [6.45, 7) is 3.79. The van der Waals surface area contributed by atoms with E-state index in [1.165, 1.54) is 0 Å². The van der Waals surface area contributed by atoms with Crippen molar-refractivity contribution in [2.45, 2.75) is 39.0 Å². The van der Waals surface area contributed by atoms with Crippen molar-refractivity contribution in [2.75, 3.05) is 5.73 Å². The molecule has 0 saturated carbocycles. The van der Waals surface area contributed by atoms with Gasteiger partial charge in [-0.15, -0.1) is 0 Å². The van der Waals surface area contributed by atoms with Crippen LogP contribution in [0.5, 0.6) is 0 Å². The Morgan fingerprint density at radius 1 is 1.35 bits per heavy atom. The predicted octanol–water partition coefficient (Wildman–Crippen LogP) is 3.48. The van der Waals surface area contributed by atoms with Crippen LogP contribution in [0.25, 0.3) is 5.57 Å². The number of hydrogen-bond donors (Lipinski definition) is 1. The molecule has 0 unspecified atom stereocenters. The third kappa shape index (κ3) is 2.46. The van der Waals surface area contributed by atoms with Crippen LogP contribution in [0, 0.1) is 13.8 Å². The molecular formula is C13H16F2N2. The highest BCUT2D eigenvalue weighted by Crippen LogP contribution is 2.37. The predicted molar refractivity (Wildman–Crippen MR) is 64.9 cm³/mol. The highest BCUT2D eigenvalue weighted by atomic mass is 19.3. The zero-order valence-electron chi connectivity index (χ0n) is 10.1. The fourth-order valence-electron chi connectivity index (χ4n) is 2.10. The summed E-state index contributed by atoms with van der Waals surface area (Å²) in [5.41, 5.74) is 9.90. The number of nitrogens with two attached hydrogens (primary N) is 1. The molecule has 0 saturated heterocycles. The zero-order chi connectivity index (χ0) is 12.6. The molecule has 0 bridgehead atoms. The highest BCUT2D eigenvalue weighted by molar-refractivity contribution is 5.74. The molecule has 1 aromatic heterocycles. The number of hydrogen-bond acceptors (Lipinski definition) is 2. The van der Waals surface area contributed by atoms with E-state index in [2.05, 4.69) is 4.98 Å². The van der Waals surface area contributed by atoms with Gasteiger partial charge in [0.15, 0.2) is 0 Å². The Balaban J connectivity index is 2.39. The van der Waals surface area contributed by atoms with Crippen molar-refractivity contribution < 1.29 is 8.78 Å².